The van der Waals surface area contributed by atoms with Gasteiger partial charge in [-0.2, -0.15) is 0 Å². The molecule has 2 heteroatoms. The summed E-state index contributed by atoms with van der Waals surface area (Å²) in [5.41, 5.74) is 1.41. The molecule has 1 aliphatic heterocycles. The molecule has 1 saturated heterocycles. The van der Waals surface area contributed by atoms with Crippen LogP contribution in [0.15, 0.2) is 30.3 Å². The molecule has 1 fully saturated rings. The van der Waals surface area contributed by atoms with Crippen molar-refractivity contribution in [1.29, 1.82) is 0 Å². The summed E-state index contributed by atoms with van der Waals surface area (Å²) in [6.45, 7) is 9.62. The highest BCUT2D eigenvalue weighted by Crippen LogP contribution is 2.24. The van der Waals surface area contributed by atoms with Crippen LogP contribution in [0.3, 0.4) is 0 Å². The molecule has 0 N–H and O–H groups in total. The zero-order valence-electron chi connectivity index (χ0n) is 10.9. The maximum absolute atomic E-state index is 5.56. The summed E-state index contributed by atoms with van der Waals surface area (Å²) in [4.78, 5) is 2.55. The van der Waals surface area contributed by atoms with Crippen molar-refractivity contribution in [1.82, 2.24) is 4.90 Å². The van der Waals surface area contributed by atoms with Crippen LogP contribution in [0.25, 0.3) is 0 Å². The van der Waals surface area contributed by atoms with Crippen molar-refractivity contribution in [2.24, 2.45) is 11.8 Å². The highest BCUT2D eigenvalue weighted by molar-refractivity contribution is 5.14. The number of rotatable bonds is 5. The van der Waals surface area contributed by atoms with E-state index in [-0.39, 0.29) is 0 Å². The Morgan fingerprint density at radius 2 is 2.00 bits per heavy atom. The van der Waals surface area contributed by atoms with Crippen molar-refractivity contribution < 1.29 is 4.74 Å². The van der Waals surface area contributed by atoms with Crippen molar-refractivity contribution in [3.63, 3.8) is 0 Å². The van der Waals surface area contributed by atoms with E-state index in [0.717, 1.165) is 25.7 Å². The SMILES string of the molecule is CCOC[C@@H]1CN(Cc2ccccc2)C[C@H]1C. The monoisotopic (exact) mass is 233 g/mol. The fraction of sp³-hybridized carbons (Fsp3) is 0.600. The average Bonchev–Trinajstić information content (AvgIpc) is 2.68. The quantitative estimate of drug-likeness (QED) is 0.775. The van der Waals surface area contributed by atoms with Gasteiger partial charge >= 0.3 is 0 Å². The van der Waals surface area contributed by atoms with Crippen LogP contribution in [-0.4, -0.2) is 31.2 Å². The van der Waals surface area contributed by atoms with E-state index in [9.17, 15) is 0 Å². The summed E-state index contributed by atoms with van der Waals surface area (Å²) in [5.74, 6) is 1.46. The molecule has 0 radical (unpaired) electrons. The van der Waals surface area contributed by atoms with Crippen molar-refractivity contribution in [3.8, 4) is 0 Å². The summed E-state index contributed by atoms with van der Waals surface area (Å²) < 4.78 is 5.56. The Hall–Kier alpha value is -0.860. The van der Waals surface area contributed by atoms with E-state index in [1.165, 1.54) is 18.7 Å². The molecule has 1 heterocycles. The zero-order valence-corrected chi connectivity index (χ0v) is 10.9. The lowest BCUT2D eigenvalue weighted by Gasteiger charge is -2.15. The van der Waals surface area contributed by atoms with Crippen LogP contribution in [-0.2, 0) is 11.3 Å². The van der Waals surface area contributed by atoms with Gasteiger partial charge in [-0.15, -0.1) is 0 Å². The summed E-state index contributed by atoms with van der Waals surface area (Å²) in [6.07, 6.45) is 0. The van der Waals surface area contributed by atoms with Gasteiger partial charge in [0, 0.05) is 26.2 Å². The fourth-order valence-corrected chi connectivity index (χ4v) is 2.60. The van der Waals surface area contributed by atoms with Crippen LogP contribution in [0, 0.1) is 11.8 Å². The topological polar surface area (TPSA) is 12.5 Å². The Labute approximate surface area is 105 Å². The lowest BCUT2D eigenvalue weighted by atomic mass is 9.99. The van der Waals surface area contributed by atoms with Crippen LogP contribution in [0.4, 0.5) is 0 Å². The van der Waals surface area contributed by atoms with Gasteiger partial charge in [-0.25, -0.2) is 0 Å². The summed E-state index contributed by atoms with van der Waals surface area (Å²) in [5, 5.41) is 0. The molecule has 0 aliphatic carbocycles. The lowest BCUT2D eigenvalue weighted by Crippen LogP contribution is -2.21. The van der Waals surface area contributed by atoms with Gasteiger partial charge in [0.2, 0.25) is 0 Å². The number of ether oxygens (including phenoxy) is 1. The number of nitrogens with zero attached hydrogens (tertiary/aromatic N) is 1. The van der Waals surface area contributed by atoms with E-state index in [4.69, 9.17) is 4.74 Å². The second kappa shape index (κ2) is 6.18. The third kappa shape index (κ3) is 3.55. The van der Waals surface area contributed by atoms with Gasteiger partial charge in [0.15, 0.2) is 0 Å². The second-order valence-electron chi connectivity index (χ2n) is 5.08. The lowest BCUT2D eigenvalue weighted by molar-refractivity contribution is 0.101. The molecule has 1 aliphatic rings. The minimum absolute atomic E-state index is 0.707. The Kier molecular flexibility index (Phi) is 4.57. The minimum Gasteiger partial charge on any atom is -0.381 e. The number of benzene rings is 1. The summed E-state index contributed by atoms with van der Waals surface area (Å²) in [6, 6.07) is 10.7. The molecule has 0 saturated carbocycles. The van der Waals surface area contributed by atoms with E-state index >= 15 is 0 Å². The molecule has 0 bridgehead atoms. The van der Waals surface area contributed by atoms with Gasteiger partial charge in [0.1, 0.15) is 0 Å². The van der Waals surface area contributed by atoms with Crippen LogP contribution < -0.4 is 0 Å². The van der Waals surface area contributed by atoms with Crippen LogP contribution in [0.1, 0.15) is 19.4 Å². The molecule has 0 aromatic heterocycles. The molecular weight excluding hydrogens is 210 g/mol. The maximum Gasteiger partial charge on any atom is 0.0509 e. The third-order valence-corrected chi connectivity index (χ3v) is 3.63. The molecule has 0 spiro atoms. The maximum atomic E-state index is 5.56. The number of hydrogen-bond donors (Lipinski definition) is 0. The highest BCUT2D eigenvalue weighted by atomic mass is 16.5. The molecule has 94 valence electrons. The van der Waals surface area contributed by atoms with Gasteiger partial charge in [0.05, 0.1) is 6.61 Å². The van der Waals surface area contributed by atoms with Crippen LogP contribution >= 0.6 is 0 Å². The molecule has 2 atom stereocenters. The van der Waals surface area contributed by atoms with Crippen LogP contribution in [0.5, 0.6) is 0 Å². The smallest absolute Gasteiger partial charge is 0.0509 e. The number of hydrogen-bond acceptors (Lipinski definition) is 2. The standard InChI is InChI=1S/C15H23NO/c1-3-17-12-15-11-16(9-13(15)2)10-14-7-5-4-6-8-14/h4-8,13,15H,3,9-12H2,1-2H3/t13-,15+/m1/s1. The number of likely N-dealkylation sites (tertiary alicyclic amines) is 1. The van der Waals surface area contributed by atoms with E-state index < -0.39 is 0 Å². The first kappa shape index (κ1) is 12.6. The Morgan fingerprint density at radius 3 is 2.71 bits per heavy atom. The first-order valence-electron chi connectivity index (χ1n) is 6.63. The van der Waals surface area contributed by atoms with E-state index in [1.807, 2.05) is 0 Å². The van der Waals surface area contributed by atoms with Crippen molar-refractivity contribution in [2.75, 3.05) is 26.3 Å². The Bertz CT molecular complexity index is 325. The second-order valence-corrected chi connectivity index (χ2v) is 5.08. The summed E-state index contributed by atoms with van der Waals surface area (Å²) in [7, 11) is 0. The van der Waals surface area contributed by atoms with E-state index in [0.29, 0.717) is 5.92 Å². The molecule has 1 aromatic carbocycles. The summed E-state index contributed by atoms with van der Waals surface area (Å²) >= 11 is 0. The first-order chi connectivity index (χ1) is 8.29. The van der Waals surface area contributed by atoms with Crippen molar-refractivity contribution >= 4 is 0 Å². The largest absolute Gasteiger partial charge is 0.381 e. The van der Waals surface area contributed by atoms with Gasteiger partial charge in [0.25, 0.3) is 0 Å². The van der Waals surface area contributed by atoms with Gasteiger partial charge in [-0.3, -0.25) is 4.90 Å². The van der Waals surface area contributed by atoms with Gasteiger partial charge in [-0.05, 0) is 24.3 Å². The van der Waals surface area contributed by atoms with Crippen molar-refractivity contribution in [2.45, 2.75) is 20.4 Å². The third-order valence-electron chi connectivity index (χ3n) is 3.63. The normalized spacial score (nSPS) is 25.3. The average molecular weight is 233 g/mol. The predicted molar refractivity (Wildman–Crippen MR) is 70.9 cm³/mol. The van der Waals surface area contributed by atoms with Crippen molar-refractivity contribution in [3.05, 3.63) is 35.9 Å². The van der Waals surface area contributed by atoms with E-state index in [2.05, 4.69) is 49.1 Å². The minimum atomic E-state index is 0.707. The Morgan fingerprint density at radius 1 is 1.24 bits per heavy atom. The Balaban J connectivity index is 1.84. The molecule has 0 unspecified atom stereocenters. The first-order valence-corrected chi connectivity index (χ1v) is 6.63. The van der Waals surface area contributed by atoms with E-state index in [1.54, 1.807) is 0 Å². The molecule has 2 rings (SSSR count). The van der Waals surface area contributed by atoms with Gasteiger partial charge in [-0.1, -0.05) is 37.3 Å². The zero-order chi connectivity index (χ0) is 12.1. The molecule has 1 aromatic rings. The van der Waals surface area contributed by atoms with Gasteiger partial charge < -0.3 is 4.74 Å². The molecule has 17 heavy (non-hydrogen) atoms. The highest BCUT2D eigenvalue weighted by Gasteiger charge is 2.29. The molecular formula is C15H23NO. The van der Waals surface area contributed by atoms with Crippen LogP contribution in [0.2, 0.25) is 0 Å². The fourth-order valence-electron chi connectivity index (χ4n) is 2.60. The predicted octanol–water partition coefficient (Wildman–Crippen LogP) is 2.79. The molecule has 2 nitrogen and oxygen atoms in total. The molecule has 0 amide bonds.